The maximum Gasteiger partial charge on any atom is 0.252 e. The first-order valence-corrected chi connectivity index (χ1v) is 28.5. The van der Waals surface area contributed by atoms with Gasteiger partial charge in [-0.2, -0.15) is 0 Å². The first-order chi connectivity index (χ1) is 37.7. The fourth-order valence-electron chi connectivity index (χ4n) is 12.8. The number of hydrogen-bond donors (Lipinski definition) is 0. The van der Waals surface area contributed by atoms with Crippen molar-refractivity contribution in [2.75, 3.05) is 9.80 Å². The van der Waals surface area contributed by atoms with Gasteiger partial charge in [0, 0.05) is 34.1 Å². The van der Waals surface area contributed by atoms with E-state index in [0.717, 1.165) is 11.4 Å². The molecule has 0 saturated heterocycles. The highest BCUT2D eigenvalue weighted by atomic mass is 15.2. The molecule has 0 saturated carbocycles. The largest absolute Gasteiger partial charge is 0.311 e. The number of rotatable bonds is 7. The van der Waals surface area contributed by atoms with E-state index < -0.39 is 0 Å². The lowest BCUT2D eigenvalue weighted by Gasteiger charge is -2.46. The zero-order valence-corrected chi connectivity index (χ0v) is 48.3. The summed E-state index contributed by atoms with van der Waals surface area (Å²) in [6, 6.07) is 85.2. The summed E-state index contributed by atoms with van der Waals surface area (Å²) in [7, 11) is 0. The summed E-state index contributed by atoms with van der Waals surface area (Å²) in [4.78, 5) is 5.28. The third kappa shape index (κ3) is 9.31. The van der Waals surface area contributed by atoms with E-state index in [1.807, 2.05) is 0 Å². The van der Waals surface area contributed by atoms with Gasteiger partial charge in [0.25, 0.3) is 6.71 Å². The maximum absolute atomic E-state index is 2.64. The van der Waals surface area contributed by atoms with Gasteiger partial charge in [-0.1, -0.05) is 259 Å². The molecular formula is C76H73BN2. The van der Waals surface area contributed by atoms with E-state index in [0.29, 0.717) is 0 Å². The third-order valence-corrected chi connectivity index (χ3v) is 16.5. The molecule has 2 aliphatic heterocycles. The monoisotopic (exact) mass is 1020 g/mol. The molecule has 3 heteroatoms. The van der Waals surface area contributed by atoms with Crippen molar-refractivity contribution in [3.05, 3.63) is 247 Å². The van der Waals surface area contributed by atoms with E-state index in [1.54, 1.807) is 0 Å². The molecule has 12 rings (SSSR count). The van der Waals surface area contributed by atoms with Crippen LogP contribution in [-0.4, -0.2) is 6.71 Å². The van der Waals surface area contributed by atoms with Crippen molar-refractivity contribution in [3.8, 4) is 55.6 Å². The van der Waals surface area contributed by atoms with Crippen LogP contribution in [0.25, 0.3) is 55.6 Å². The van der Waals surface area contributed by atoms with Crippen LogP contribution >= 0.6 is 0 Å². The lowest BCUT2D eigenvalue weighted by molar-refractivity contribution is 0.591. The highest BCUT2D eigenvalue weighted by Gasteiger charge is 2.46. The topological polar surface area (TPSA) is 6.48 Å². The van der Waals surface area contributed by atoms with E-state index in [4.69, 9.17) is 0 Å². The second-order valence-electron chi connectivity index (χ2n) is 26.2. The van der Waals surface area contributed by atoms with E-state index in [9.17, 15) is 0 Å². The summed E-state index contributed by atoms with van der Waals surface area (Å²) in [6.07, 6.45) is 0. The van der Waals surface area contributed by atoms with Crippen LogP contribution in [0.3, 0.4) is 0 Å². The van der Waals surface area contributed by atoms with Crippen LogP contribution in [0.4, 0.5) is 34.1 Å². The molecule has 2 heterocycles. The Morgan fingerprint density at radius 1 is 0.253 bits per heavy atom. The van der Waals surface area contributed by atoms with Gasteiger partial charge in [-0.15, -0.1) is 0 Å². The minimum atomic E-state index is -0.181. The molecule has 0 radical (unpaired) electrons. The average Bonchev–Trinajstić information content (AvgIpc) is 3.42. The van der Waals surface area contributed by atoms with Crippen molar-refractivity contribution in [1.82, 2.24) is 0 Å². The summed E-state index contributed by atoms with van der Waals surface area (Å²) in [5, 5.41) is 0. The Kier molecular flexibility index (Phi) is 12.6. The first kappa shape index (κ1) is 51.6. The van der Waals surface area contributed by atoms with Crippen LogP contribution in [0.1, 0.15) is 105 Å². The van der Waals surface area contributed by atoms with Crippen molar-refractivity contribution >= 4 is 57.2 Å². The van der Waals surface area contributed by atoms with Gasteiger partial charge in [0.15, 0.2) is 0 Å². The predicted octanol–water partition coefficient (Wildman–Crippen LogP) is 19.3. The zero-order chi connectivity index (χ0) is 55.2. The van der Waals surface area contributed by atoms with Gasteiger partial charge in [0.1, 0.15) is 0 Å². The van der Waals surface area contributed by atoms with Gasteiger partial charge in [0.2, 0.25) is 0 Å². The Hall–Kier alpha value is -8.14. The summed E-state index contributed by atoms with van der Waals surface area (Å²) in [5.41, 5.74) is 28.0. The highest BCUT2D eigenvalue weighted by molar-refractivity contribution is 7.00. The Bertz CT molecular complexity index is 3670. The van der Waals surface area contributed by atoms with E-state index in [1.165, 1.54) is 117 Å². The van der Waals surface area contributed by atoms with Crippen LogP contribution in [0.2, 0.25) is 0 Å². The molecule has 0 bridgehead atoms. The predicted molar refractivity (Wildman–Crippen MR) is 342 cm³/mol. The Morgan fingerprint density at radius 3 is 0.848 bits per heavy atom. The van der Waals surface area contributed by atoms with E-state index in [-0.39, 0.29) is 28.4 Å². The average molecular weight is 1030 g/mol. The fourth-order valence-corrected chi connectivity index (χ4v) is 12.8. The SMILES string of the molecule is CC(C)(C)c1ccc(N2c3cc(-c4ccccc4)c(C(C)(C)C)cc3B3c4cc(C(C)(C)C)c(-c5ccccc5)cc4N(c4ccc(C(C)(C)C)c(-c5ccccc5)c4)c4cc(-c5ccccc5)cc2c43)cc1-c1ccccc1. The van der Waals surface area contributed by atoms with Gasteiger partial charge in [-0.25, -0.2) is 0 Å². The van der Waals surface area contributed by atoms with E-state index in [2.05, 4.69) is 317 Å². The Morgan fingerprint density at radius 2 is 0.544 bits per heavy atom. The number of nitrogens with zero attached hydrogens (tertiary/aromatic N) is 2. The quantitative estimate of drug-likeness (QED) is 0.147. The maximum atomic E-state index is 2.64. The minimum absolute atomic E-state index is 0.0994. The van der Waals surface area contributed by atoms with Gasteiger partial charge >= 0.3 is 0 Å². The summed E-state index contributed by atoms with van der Waals surface area (Å²) < 4.78 is 0. The molecule has 79 heavy (non-hydrogen) atoms. The van der Waals surface area contributed by atoms with Gasteiger partial charge in [-0.05, 0) is 164 Å². The zero-order valence-electron chi connectivity index (χ0n) is 48.3. The van der Waals surface area contributed by atoms with Crippen molar-refractivity contribution in [1.29, 1.82) is 0 Å². The van der Waals surface area contributed by atoms with Crippen molar-refractivity contribution in [3.63, 3.8) is 0 Å². The third-order valence-electron chi connectivity index (χ3n) is 16.5. The molecule has 0 atom stereocenters. The van der Waals surface area contributed by atoms with Crippen LogP contribution in [0.5, 0.6) is 0 Å². The second kappa shape index (κ2) is 19.3. The molecule has 2 nitrogen and oxygen atoms in total. The molecule has 10 aromatic rings. The molecule has 10 aromatic carbocycles. The van der Waals surface area contributed by atoms with Gasteiger partial charge < -0.3 is 9.80 Å². The number of hydrogen-bond acceptors (Lipinski definition) is 2. The fraction of sp³-hybridized carbons (Fsp3) is 0.211. The molecule has 0 amide bonds. The highest BCUT2D eigenvalue weighted by Crippen LogP contribution is 2.51. The van der Waals surface area contributed by atoms with Crippen LogP contribution < -0.4 is 26.2 Å². The van der Waals surface area contributed by atoms with Crippen LogP contribution in [0, 0.1) is 0 Å². The van der Waals surface area contributed by atoms with Gasteiger partial charge in [0.05, 0.1) is 0 Å². The second-order valence-corrected chi connectivity index (χ2v) is 26.2. The standard InChI is InChI=1S/C76H73BN2/c1-73(2,3)62-40-38-56(44-58(62)51-30-20-14-21-31-51)78-68-46-60(53-34-24-16-25-35-53)64(75(7,8)9)48-66(68)77-67-49-65(76(10,11)12)61(54-36-26-17-27-37-54)47-69(67)79(71-43-55(42-70(78)72(71)77)50-28-18-13-19-29-50)57-39-41-63(74(4,5)6)59(45-57)52-32-22-15-23-33-52/h13-49H,1-12H3. The summed E-state index contributed by atoms with van der Waals surface area (Å²) >= 11 is 0. The Labute approximate surface area is 471 Å². The van der Waals surface area contributed by atoms with Crippen molar-refractivity contribution in [2.24, 2.45) is 0 Å². The van der Waals surface area contributed by atoms with Crippen LogP contribution in [0.15, 0.2) is 224 Å². The normalized spacial score (nSPS) is 13.2. The molecule has 0 aromatic heterocycles. The first-order valence-electron chi connectivity index (χ1n) is 28.5. The molecule has 0 N–H and O–H groups in total. The summed E-state index contributed by atoms with van der Waals surface area (Å²) in [6.45, 7) is 28.2. The number of fused-ring (bicyclic) bond motifs is 4. The lowest BCUT2D eigenvalue weighted by Crippen LogP contribution is -2.61. The molecule has 0 spiro atoms. The molecule has 390 valence electrons. The minimum Gasteiger partial charge on any atom is -0.311 e. The molecule has 2 aliphatic rings. The lowest BCUT2D eigenvalue weighted by atomic mass is 9.33. The number of anilines is 6. The molecular weight excluding hydrogens is 952 g/mol. The van der Waals surface area contributed by atoms with Gasteiger partial charge in [-0.3, -0.25) is 0 Å². The van der Waals surface area contributed by atoms with Crippen LogP contribution in [-0.2, 0) is 21.7 Å². The van der Waals surface area contributed by atoms with Crippen molar-refractivity contribution in [2.45, 2.75) is 105 Å². The Balaban J connectivity index is 1.27. The molecule has 0 aliphatic carbocycles. The van der Waals surface area contributed by atoms with E-state index >= 15 is 0 Å². The number of benzene rings is 10. The smallest absolute Gasteiger partial charge is 0.252 e. The molecule has 0 fully saturated rings. The summed E-state index contributed by atoms with van der Waals surface area (Å²) in [5.74, 6) is 0. The van der Waals surface area contributed by atoms with Crippen molar-refractivity contribution < 1.29 is 0 Å². The molecule has 0 unspecified atom stereocenters.